The van der Waals surface area contributed by atoms with Crippen LogP contribution in [0.4, 0.5) is 0 Å². The molecular weight excluding hydrogens is 330 g/mol. The number of nitrogens with one attached hydrogen (secondary N) is 1. The van der Waals surface area contributed by atoms with E-state index in [1.54, 1.807) is 0 Å². The van der Waals surface area contributed by atoms with Crippen molar-refractivity contribution in [2.24, 2.45) is 0 Å². The molecule has 0 aromatic carbocycles. The molecule has 11 nitrogen and oxygen atoms in total. The van der Waals surface area contributed by atoms with Gasteiger partial charge in [-0.25, -0.2) is 4.79 Å². The molecule has 0 spiro atoms. The molecule has 1 rings (SSSR count). The molecule has 0 aromatic rings. The van der Waals surface area contributed by atoms with Crippen LogP contribution in [0, 0.1) is 0 Å². The highest BCUT2D eigenvalue weighted by Crippen LogP contribution is 2.31. The molecule has 0 aromatic heterocycles. The SMILES string of the molecule is CC(=O)N[C@H]1[C@H]([C@H](O)[C@H](O)CO)OC(O)(C(=O)OC(C)=O)C[C@@H]1O. The summed E-state index contributed by atoms with van der Waals surface area (Å²) in [5, 5.41) is 51.0. The molecule has 6 atom stereocenters. The summed E-state index contributed by atoms with van der Waals surface area (Å²) in [5.41, 5.74) is 0. The summed E-state index contributed by atoms with van der Waals surface area (Å²) in [6.45, 7) is 1.13. The molecule has 0 aliphatic carbocycles. The van der Waals surface area contributed by atoms with E-state index in [2.05, 4.69) is 10.1 Å². The van der Waals surface area contributed by atoms with Crippen molar-refractivity contribution < 1.29 is 49.4 Å². The molecule has 0 radical (unpaired) electrons. The third kappa shape index (κ3) is 4.69. The van der Waals surface area contributed by atoms with Gasteiger partial charge in [-0.05, 0) is 0 Å². The van der Waals surface area contributed by atoms with E-state index in [4.69, 9.17) is 9.84 Å². The van der Waals surface area contributed by atoms with Crippen LogP contribution in [0.1, 0.15) is 20.3 Å². The summed E-state index contributed by atoms with van der Waals surface area (Å²) >= 11 is 0. The molecule has 11 heteroatoms. The first kappa shape index (κ1) is 20.4. The van der Waals surface area contributed by atoms with Crippen LogP contribution in [0.3, 0.4) is 0 Å². The van der Waals surface area contributed by atoms with E-state index in [1.165, 1.54) is 0 Å². The molecule has 0 saturated carbocycles. The Morgan fingerprint density at radius 3 is 2.38 bits per heavy atom. The Labute approximate surface area is 136 Å². The molecular formula is C13H21NO10. The molecule has 1 amide bonds. The van der Waals surface area contributed by atoms with Crippen LogP contribution in [-0.2, 0) is 23.9 Å². The van der Waals surface area contributed by atoms with E-state index in [9.17, 15) is 34.8 Å². The van der Waals surface area contributed by atoms with Crippen LogP contribution < -0.4 is 5.32 Å². The van der Waals surface area contributed by atoms with E-state index >= 15 is 0 Å². The number of aliphatic hydroxyl groups is 5. The van der Waals surface area contributed by atoms with Crippen molar-refractivity contribution in [1.29, 1.82) is 0 Å². The van der Waals surface area contributed by atoms with E-state index in [0.29, 0.717) is 0 Å². The summed E-state index contributed by atoms with van der Waals surface area (Å²) in [4.78, 5) is 33.9. The van der Waals surface area contributed by atoms with E-state index < -0.39 is 67.1 Å². The Kier molecular flexibility index (Phi) is 6.77. The van der Waals surface area contributed by atoms with Crippen molar-refractivity contribution in [2.75, 3.05) is 6.61 Å². The lowest BCUT2D eigenvalue weighted by Crippen LogP contribution is -2.67. The molecule has 1 unspecified atom stereocenters. The monoisotopic (exact) mass is 351 g/mol. The maximum absolute atomic E-state index is 11.8. The molecule has 0 bridgehead atoms. The predicted molar refractivity (Wildman–Crippen MR) is 73.9 cm³/mol. The standard InChI is InChI=1S/C13H21NO10/c1-5(16)14-9-7(18)3-13(22,12(21)23-6(2)17)24-11(9)10(20)8(19)4-15/h7-11,15,18-20,22H,3-4H2,1-2H3,(H,14,16)/t7-,8+,9+,10+,11+,13?/m0/s1. The minimum Gasteiger partial charge on any atom is -0.394 e. The number of carbonyl (C=O) groups excluding carboxylic acids is 3. The van der Waals surface area contributed by atoms with Crippen LogP contribution in [0.15, 0.2) is 0 Å². The van der Waals surface area contributed by atoms with Gasteiger partial charge in [-0.15, -0.1) is 0 Å². The summed E-state index contributed by atoms with van der Waals surface area (Å²) in [6.07, 6.45) is -7.65. The molecule has 1 aliphatic heterocycles. The predicted octanol–water partition coefficient (Wildman–Crippen LogP) is -3.87. The molecule has 24 heavy (non-hydrogen) atoms. The topological polar surface area (TPSA) is 183 Å². The van der Waals surface area contributed by atoms with Crippen molar-refractivity contribution in [1.82, 2.24) is 5.32 Å². The second-order valence-electron chi connectivity index (χ2n) is 5.49. The molecule has 1 fully saturated rings. The number of aliphatic hydroxyl groups excluding tert-OH is 4. The minimum atomic E-state index is -2.79. The van der Waals surface area contributed by atoms with Gasteiger partial charge in [0.15, 0.2) is 0 Å². The molecule has 6 N–H and O–H groups in total. The highest BCUT2D eigenvalue weighted by atomic mass is 16.7. The van der Waals surface area contributed by atoms with Gasteiger partial charge in [0, 0.05) is 20.3 Å². The lowest BCUT2D eigenvalue weighted by molar-refractivity contribution is -0.295. The Balaban J connectivity index is 3.11. The van der Waals surface area contributed by atoms with Crippen LogP contribution in [0.25, 0.3) is 0 Å². The van der Waals surface area contributed by atoms with Crippen LogP contribution >= 0.6 is 0 Å². The zero-order valence-corrected chi connectivity index (χ0v) is 13.1. The number of esters is 2. The number of hydrogen-bond acceptors (Lipinski definition) is 10. The van der Waals surface area contributed by atoms with Gasteiger partial charge in [-0.1, -0.05) is 0 Å². The van der Waals surface area contributed by atoms with Crippen LogP contribution in [-0.4, -0.2) is 86.2 Å². The number of amides is 1. The maximum atomic E-state index is 11.8. The van der Waals surface area contributed by atoms with Gasteiger partial charge in [-0.2, -0.15) is 0 Å². The average Bonchev–Trinajstić information content (AvgIpc) is 2.47. The van der Waals surface area contributed by atoms with Gasteiger partial charge < -0.3 is 40.3 Å². The second kappa shape index (κ2) is 7.96. The van der Waals surface area contributed by atoms with Crippen molar-refractivity contribution in [3.63, 3.8) is 0 Å². The van der Waals surface area contributed by atoms with Gasteiger partial charge >= 0.3 is 11.9 Å². The Bertz CT molecular complexity index is 497. The third-order valence-corrected chi connectivity index (χ3v) is 3.43. The van der Waals surface area contributed by atoms with Crippen molar-refractivity contribution in [3.8, 4) is 0 Å². The fourth-order valence-electron chi connectivity index (χ4n) is 2.34. The molecule has 1 saturated heterocycles. The Hall–Kier alpha value is -1.63. The van der Waals surface area contributed by atoms with Crippen molar-refractivity contribution >= 4 is 17.8 Å². The largest absolute Gasteiger partial charge is 0.394 e. The number of hydrogen-bond donors (Lipinski definition) is 6. The van der Waals surface area contributed by atoms with E-state index in [1.807, 2.05) is 0 Å². The summed E-state index contributed by atoms with van der Waals surface area (Å²) in [5.74, 6) is -5.97. The average molecular weight is 351 g/mol. The first-order valence-electron chi connectivity index (χ1n) is 7.07. The second-order valence-corrected chi connectivity index (χ2v) is 5.49. The van der Waals surface area contributed by atoms with E-state index in [-0.39, 0.29) is 0 Å². The number of carbonyl (C=O) groups is 3. The lowest BCUT2D eigenvalue weighted by Gasteiger charge is -2.44. The zero-order valence-electron chi connectivity index (χ0n) is 13.1. The summed E-state index contributed by atoms with van der Waals surface area (Å²) in [6, 6.07) is -1.30. The number of rotatable bonds is 5. The van der Waals surface area contributed by atoms with Gasteiger partial charge in [0.1, 0.15) is 18.3 Å². The van der Waals surface area contributed by atoms with Gasteiger partial charge in [0.05, 0.1) is 18.8 Å². The summed E-state index contributed by atoms with van der Waals surface area (Å²) in [7, 11) is 0. The Morgan fingerprint density at radius 2 is 1.92 bits per heavy atom. The quantitative estimate of drug-likeness (QED) is 0.212. The highest BCUT2D eigenvalue weighted by Gasteiger charge is 2.54. The summed E-state index contributed by atoms with van der Waals surface area (Å²) < 4.78 is 9.27. The van der Waals surface area contributed by atoms with E-state index in [0.717, 1.165) is 13.8 Å². The van der Waals surface area contributed by atoms with Gasteiger partial charge in [0.2, 0.25) is 5.91 Å². The normalized spacial score (nSPS) is 32.5. The number of ether oxygens (including phenoxy) is 2. The fraction of sp³-hybridized carbons (Fsp3) is 0.769. The molecule has 1 heterocycles. The lowest BCUT2D eigenvalue weighted by atomic mass is 9.88. The third-order valence-electron chi connectivity index (χ3n) is 3.43. The maximum Gasteiger partial charge on any atom is 0.374 e. The first-order valence-corrected chi connectivity index (χ1v) is 7.07. The zero-order chi connectivity index (χ0) is 18.7. The Morgan fingerprint density at radius 1 is 1.33 bits per heavy atom. The van der Waals surface area contributed by atoms with Crippen molar-refractivity contribution in [3.05, 3.63) is 0 Å². The fourth-order valence-corrected chi connectivity index (χ4v) is 2.34. The van der Waals surface area contributed by atoms with Gasteiger partial charge in [0.25, 0.3) is 5.79 Å². The molecule has 138 valence electrons. The minimum absolute atomic E-state index is 0.616. The highest BCUT2D eigenvalue weighted by molar-refractivity contribution is 5.88. The molecule has 1 aliphatic rings. The smallest absolute Gasteiger partial charge is 0.374 e. The van der Waals surface area contributed by atoms with Crippen LogP contribution in [0.2, 0.25) is 0 Å². The van der Waals surface area contributed by atoms with Crippen molar-refractivity contribution in [2.45, 2.75) is 56.5 Å². The van der Waals surface area contributed by atoms with Crippen LogP contribution in [0.5, 0.6) is 0 Å². The first-order chi connectivity index (χ1) is 11.0. The van der Waals surface area contributed by atoms with Gasteiger partial charge in [-0.3, -0.25) is 9.59 Å².